The first-order chi connectivity index (χ1) is 9.25. The zero-order valence-corrected chi connectivity index (χ0v) is 12.6. The van der Waals surface area contributed by atoms with Crippen molar-refractivity contribution in [2.45, 2.75) is 34.2 Å². The van der Waals surface area contributed by atoms with Crippen molar-refractivity contribution in [3.8, 4) is 0 Å². The van der Waals surface area contributed by atoms with Crippen molar-refractivity contribution in [3.05, 3.63) is 35.1 Å². The van der Waals surface area contributed by atoms with Gasteiger partial charge in [-0.05, 0) is 35.6 Å². The molecule has 0 saturated heterocycles. The molecule has 0 bridgehead atoms. The molecule has 20 heavy (non-hydrogen) atoms. The highest BCUT2D eigenvalue weighted by Gasteiger charge is 2.19. The standard InChI is InChI=1S/C15H24FN3O/c1-10(15(2,3)4)8-18-9-11-5-6-12(16)7-13(11)14(17)19-20/h5-7,10,18,20H,8-9H2,1-4H3,(H2,17,19). The number of oxime groups is 1. The minimum Gasteiger partial charge on any atom is -0.409 e. The second-order valence-corrected chi connectivity index (χ2v) is 6.18. The number of hydrogen-bond donors (Lipinski definition) is 3. The summed E-state index contributed by atoms with van der Waals surface area (Å²) in [4.78, 5) is 0. The van der Waals surface area contributed by atoms with Crippen LogP contribution in [0.1, 0.15) is 38.8 Å². The van der Waals surface area contributed by atoms with Crippen molar-refractivity contribution < 1.29 is 9.60 Å². The number of rotatable bonds is 5. The molecule has 0 aromatic heterocycles. The van der Waals surface area contributed by atoms with Gasteiger partial charge in [0.25, 0.3) is 0 Å². The maximum absolute atomic E-state index is 13.2. The van der Waals surface area contributed by atoms with Crippen LogP contribution >= 0.6 is 0 Å². The Morgan fingerprint density at radius 3 is 2.65 bits per heavy atom. The van der Waals surface area contributed by atoms with E-state index in [2.05, 4.69) is 38.2 Å². The van der Waals surface area contributed by atoms with Crippen LogP contribution in [0.25, 0.3) is 0 Å². The number of amidine groups is 1. The molecular weight excluding hydrogens is 257 g/mol. The van der Waals surface area contributed by atoms with Crippen LogP contribution in [0.5, 0.6) is 0 Å². The Morgan fingerprint density at radius 2 is 2.10 bits per heavy atom. The van der Waals surface area contributed by atoms with Crippen LogP contribution in [0.2, 0.25) is 0 Å². The van der Waals surface area contributed by atoms with Gasteiger partial charge in [0.2, 0.25) is 0 Å². The number of nitrogens with one attached hydrogen (secondary N) is 1. The first-order valence-electron chi connectivity index (χ1n) is 6.72. The van der Waals surface area contributed by atoms with E-state index in [0.717, 1.165) is 12.1 Å². The summed E-state index contributed by atoms with van der Waals surface area (Å²) in [6.45, 7) is 10.2. The van der Waals surface area contributed by atoms with E-state index in [9.17, 15) is 4.39 Å². The van der Waals surface area contributed by atoms with Gasteiger partial charge in [-0.2, -0.15) is 0 Å². The second kappa shape index (κ2) is 6.70. The molecule has 0 radical (unpaired) electrons. The highest BCUT2D eigenvalue weighted by atomic mass is 19.1. The summed E-state index contributed by atoms with van der Waals surface area (Å²) in [5.41, 5.74) is 7.02. The second-order valence-electron chi connectivity index (χ2n) is 6.18. The summed E-state index contributed by atoms with van der Waals surface area (Å²) in [5.74, 6) is 0.0128. The van der Waals surface area contributed by atoms with Gasteiger partial charge in [-0.15, -0.1) is 0 Å². The average Bonchev–Trinajstić information content (AvgIpc) is 2.38. The smallest absolute Gasteiger partial charge is 0.170 e. The monoisotopic (exact) mass is 281 g/mol. The van der Waals surface area contributed by atoms with Crippen molar-refractivity contribution >= 4 is 5.84 Å². The highest BCUT2D eigenvalue weighted by molar-refractivity contribution is 5.98. The van der Waals surface area contributed by atoms with Crippen molar-refractivity contribution in [1.29, 1.82) is 0 Å². The molecule has 0 spiro atoms. The van der Waals surface area contributed by atoms with Crippen LogP contribution in [0.3, 0.4) is 0 Å². The van der Waals surface area contributed by atoms with E-state index in [1.165, 1.54) is 12.1 Å². The molecule has 1 aromatic carbocycles. The summed E-state index contributed by atoms with van der Waals surface area (Å²) < 4.78 is 13.2. The summed E-state index contributed by atoms with van der Waals surface area (Å²) in [5, 5.41) is 15.0. The third-order valence-electron chi connectivity index (χ3n) is 3.70. The Morgan fingerprint density at radius 1 is 1.45 bits per heavy atom. The third kappa shape index (κ3) is 4.49. The summed E-state index contributed by atoms with van der Waals surface area (Å²) >= 11 is 0. The molecule has 0 amide bonds. The number of nitrogens with zero attached hydrogens (tertiary/aromatic N) is 1. The Hall–Kier alpha value is -1.62. The molecule has 0 aliphatic heterocycles. The Kier molecular flexibility index (Phi) is 5.51. The number of benzene rings is 1. The van der Waals surface area contributed by atoms with Gasteiger partial charge in [0.05, 0.1) is 0 Å². The Balaban J connectivity index is 2.74. The van der Waals surface area contributed by atoms with E-state index < -0.39 is 5.82 Å². The molecule has 1 rings (SSSR count). The zero-order valence-electron chi connectivity index (χ0n) is 12.6. The molecule has 4 nitrogen and oxygen atoms in total. The maximum atomic E-state index is 13.2. The molecule has 0 heterocycles. The lowest BCUT2D eigenvalue weighted by molar-refractivity contribution is 0.252. The number of nitrogens with two attached hydrogens (primary N) is 1. The van der Waals surface area contributed by atoms with Crippen LogP contribution < -0.4 is 11.1 Å². The SMILES string of the molecule is CC(CNCc1ccc(F)cc1/C(N)=N/O)C(C)(C)C. The van der Waals surface area contributed by atoms with Gasteiger partial charge in [0, 0.05) is 12.1 Å². The first-order valence-corrected chi connectivity index (χ1v) is 6.72. The van der Waals surface area contributed by atoms with Gasteiger partial charge in [-0.3, -0.25) is 0 Å². The van der Waals surface area contributed by atoms with E-state index in [1.807, 2.05) is 0 Å². The zero-order chi connectivity index (χ0) is 15.3. The van der Waals surface area contributed by atoms with Crippen LogP contribution in [0.4, 0.5) is 4.39 Å². The quantitative estimate of drug-likeness (QED) is 0.336. The van der Waals surface area contributed by atoms with Gasteiger partial charge < -0.3 is 16.3 Å². The Bertz CT molecular complexity index is 480. The topological polar surface area (TPSA) is 70.6 Å². The van der Waals surface area contributed by atoms with E-state index in [-0.39, 0.29) is 11.3 Å². The van der Waals surface area contributed by atoms with Crippen LogP contribution in [-0.4, -0.2) is 17.6 Å². The van der Waals surface area contributed by atoms with Crippen LogP contribution in [0.15, 0.2) is 23.4 Å². The predicted molar refractivity (Wildman–Crippen MR) is 79.2 cm³/mol. The minimum atomic E-state index is -0.404. The van der Waals surface area contributed by atoms with Gasteiger partial charge in [-0.1, -0.05) is 38.9 Å². The molecule has 0 saturated carbocycles. The molecule has 5 heteroatoms. The lowest BCUT2D eigenvalue weighted by atomic mass is 9.82. The molecular formula is C15H24FN3O. The number of hydrogen-bond acceptors (Lipinski definition) is 3. The molecule has 112 valence electrons. The lowest BCUT2D eigenvalue weighted by Crippen LogP contribution is -2.30. The Labute approximate surface area is 119 Å². The normalized spacial score (nSPS) is 14.3. The van der Waals surface area contributed by atoms with Crippen LogP contribution in [0, 0.1) is 17.2 Å². The van der Waals surface area contributed by atoms with Crippen molar-refractivity contribution in [1.82, 2.24) is 5.32 Å². The molecule has 1 unspecified atom stereocenters. The molecule has 4 N–H and O–H groups in total. The summed E-state index contributed by atoms with van der Waals surface area (Å²) in [7, 11) is 0. The van der Waals surface area contributed by atoms with Gasteiger partial charge in [0.1, 0.15) is 5.82 Å². The third-order valence-corrected chi connectivity index (χ3v) is 3.70. The maximum Gasteiger partial charge on any atom is 0.170 e. The van der Waals surface area contributed by atoms with Crippen molar-refractivity contribution in [2.75, 3.05) is 6.54 Å². The predicted octanol–water partition coefficient (Wildman–Crippen LogP) is 2.69. The van der Waals surface area contributed by atoms with E-state index in [0.29, 0.717) is 18.0 Å². The van der Waals surface area contributed by atoms with E-state index in [4.69, 9.17) is 10.9 Å². The largest absolute Gasteiger partial charge is 0.409 e. The molecule has 0 aliphatic carbocycles. The van der Waals surface area contributed by atoms with Gasteiger partial charge in [-0.25, -0.2) is 4.39 Å². The molecule has 1 atom stereocenters. The van der Waals surface area contributed by atoms with E-state index in [1.54, 1.807) is 6.07 Å². The minimum absolute atomic E-state index is 0.0785. The molecule has 0 fully saturated rings. The summed E-state index contributed by atoms with van der Waals surface area (Å²) in [6, 6.07) is 4.30. The fourth-order valence-electron chi connectivity index (χ4n) is 1.72. The van der Waals surface area contributed by atoms with Crippen molar-refractivity contribution in [3.63, 3.8) is 0 Å². The molecule has 0 aliphatic rings. The van der Waals surface area contributed by atoms with Gasteiger partial charge in [0.15, 0.2) is 5.84 Å². The average molecular weight is 281 g/mol. The first kappa shape index (κ1) is 16.4. The summed E-state index contributed by atoms with van der Waals surface area (Å²) in [6.07, 6.45) is 0. The fourth-order valence-corrected chi connectivity index (χ4v) is 1.72. The van der Waals surface area contributed by atoms with Gasteiger partial charge >= 0.3 is 0 Å². The lowest BCUT2D eigenvalue weighted by Gasteiger charge is -2.27. The highest BCUT2D eigenvalue weighted by Crippen LogP contribution is 2.24. The fraction of sp³-hybridized carbons (Fsp3) is 0.533. The molecule has 1 aromatic rings. The number of halogens is 1. The van der Waals surface area contributed by atoms with Crippen molar-refractivity contribution in [2.24, 2.45) is 22.2 Å². The van der Waals surface area contributed by atoms with E-state index >= 15 is 0 Å². The van der Waals surface area contributed by atoms with Crippen LogP contribution in [-0.2, 0) is 6.54 Å².